The van der Waals surface area contributed by atoms with Crippen LogP contribution in [0.1, 0.15) is 46.6 Å². The van der Waals surface area contributed by atoms with Gasteiger partial charge in [0.05, 0.1) is 21.7 Å². The van der Waals surface area contributed by atoms with Crippen molar-refractivity contribution in [2.24, 2.45) is 5.92 Å². The standard InChI is InChI=1S/C20H26Cl2N6O2/c1-10-11(2)23-18(26-17(10)29)28-16(9-15(27-28)20(3,4)5)25-19(30)24-12-6-7-13(21)14(22)8-12/h6-11,18,23H,1-5H3,(H,26,29)(H2,24,25,30). The predicted molar refractivity (Wildman–Crippen MR) is 119 cm³/mol. The average molecular weight is 453 g/mol. The lowest BCUT2D eigenvalue weighted by Crippen LogP contribution is -2.57. The van der Waals surface area contributed by atoms with Crippen molar-refractivity contribution in [1.29, 1.82) is 0 Å². The zero-order valence-electron chi connectivity index (χ0n) is 17.5. The van der Waals surface area contributed by atoms with Crippen molar-refractivity contribution in [3.63, 3.8) is 0 Å². The van der Waals surface area contributed by atoms with E-state index in [0.29, 0.717) is 21.6 Å². The maximum absolute atomic E-state index is 12.6. The maximum atomic E-state index is 12.6. The molecular formula is C20H26Cl2N6O2. The van der Waals surface area contributed by atoms with Crippen molar-refractivity contribution in [3.05, 3.63) is 40.0 Å². The number of halogens is 2. The molecule has 3 rings (SSSR count). The Morgan fingerprint density at radius 3 is 2.43 bits per heavy atom. The van der Waals surface area contributed by atoms with Crippen LogP contribution in [-0.4, -0.2) is 27.8 Å². The largest absolute Gasteiger partial charge is 0.324 e. The number of carbonyl (C=O) groups excluding carboxylic acids is 2. The average Bonchev–Trinajstić information content (AvgIpc) is 3.06. The number of benzene rings is 1. The number of rotatable bonds is 3. The minimum Gasteiger partial charge on any atom is -0.322 e. The third kappa shape index (κ3) is 4.88. The van der Waals surface area contributed by atoms with Crippen molar-refractivity contribution in [2.45, 2.75) is 52.4 Å². The Labute approximate surface area is 185 Å². The fraction of sp³-hybridized carbons (Fsp3) is 0.450. The molecule has 3 unspecified atom stereocenters. The van der Waals surface area contributed by atoms with Gasteiger partial charge in [-0.3, -0.25) is 15.4 Å². The third-order valence-corrected chi connectivity index (χ3v) is 5.77. The van der Waals surface area contributed by atoms with Gasteiger partial charge in [0.25, 0.3) is 0 Å². The first-order valence-corrected chi connectivity index (χ1v) is 10.4. The van der Waals surface area contributed by atoms with Crippen LogP contribution in [0.5, 0.6) is 0 Å². The third-order valence-electron chi connectivity index (χ3n) is 5.03. The monoisotopic (exact) mass is 452 g/mol. The summed E-state index contributed by atoms with van der Waals surface area (Å²) in [6, 6.07) is 6.09. The Morgan fingerprint density at radius 2 is 1.83 bits per heavy atom. The Bertz CT molecular complexity index is 969. The molecule has 3 amide bonds. The molecule has 0 aliphatic carbocycles. The van der Waals surface area contributed by atoms with E-state index in [1.807, 2.05) is 34.6 Å². The zero-order valence-corrected chi connectivity index (χ0v) is 19.0. The minimum atomic E-state index is -0.583. The lowest BCUT2D eigenvalue weighted by atomic mass is 9.92. The predicted octanol–water partition coefficient (Wildman–Crippen LogP) is 4.33. The van der Waals surface area contributed by atoms with Crippen LogP contribution >= 0.6 is 23.2 Å². The van der Waals surface area contributed by atoms with Crippen LogP contribution in [0.2, 0.25) is 10.0 Å². The first kappa shape index (κ1) is 22.4. The summed E-state index contributed by atoms with van der Waals surface area (Å²) in [5.41, 5.74) is 1.02. The highest BCUT2D eigenvalue weighted by Gasteiger charge is 2.33. The Kier molecular flexibility index (Phi) is 6.31. The van der Waals surface area contributed by atoms with Gasteiger partial charge in [0.2, 0.25) is 5.91 Å². The molecule has 162 valence electrons. The summed E-state index contributed by atoms with van der Waals surface area (Å²) in [6.07, 6.45) is -0.583. The second-order valence-electron chi connectivity index (χ2n) is 8.47. The van der Waals surface area contributed by atoms with Gasteiger partial charge in [-0.2, -0.15) is 5.10 Å². The van der Waals surface area contributed by atoms with Gasteiger partial charge in [-0.05, 0) is 25.1 Å². The van der Waals surface area contributed by atoms with E-state index in [-0.39, 0.29) is 23.3 Å². The van der Waals surface area contributed by atoms with Crippen LogP contribution in [0.25, 0.3) is 0 Å². The van der Waals surface area contributed by atoms with Crippen molar-refractivity contribution in [1.82, 2.24) is 20.4 Å². The molecule has 1 fully saturated rings. The summed E-state index contributed by atoms with van der Waals surface area (Å²) in [5.74, 6) is 0.190. The highest BCUT2D eigenvalue weighted by Crippen LogP contribution is 2.28. The summed E-state index contributed by atoms with van der Waals surface area (Å²) >= 11 is 11.9. The first-order valence-electron chi connectivity index (χ1n) is 9.65. The molecule has 3 atom stereocenters. The van der Waals surface area contributed by atoms with Gasteiger partial charge < -0.3 is 10.6 Å². The maximum Gasteiger partial charge on any atom is 0.324 e. The second-order valence-corrected chi connectivity index (χ2v) is 9.29. The van der Waals surface area contributed by atoms with E-state index >= 15 is 0 Å². The fourth-order valence-electron chi connectivity index (χ4n) is 2.96. The normalized spacial score (nSPS) is 21.8. The quantitative estimate of drug-likeness (QED) is 0.556. The van der Waals surface area contributed by atoms with E-state index < -0.39 is 12.3 Å². The number of nitrogens with one attached hydrogen (secondary N) is 4. The summed E-state index contributed by atoms with van der Waals surface area (Å²) in [5, 5.41) is 17.1. The number of hydrogen-bond acceptors (Lipinski definition) is 4. The number of amides is 3. The van der Waals surface area contributed by atoms with Gasteiger partial charge >= 0.3 is 6.03 Å². The van der Waals surface area contributed by atoms with Crippen LogP contribution in [-0.2, 0) is 10.2 Å². The molecule has 1 aliphatic rings. The van der Waals surface area contributed by atoms with Gasteiger partial charge in [-0.25, -0.2) is 9.48 Å². The summed E-state index contributed by atoms with van der Waals surface area (Å²) in [6.45, 7) is 9.87. The van der Waals surface area contributed by atoms with Crippen LogP contribution in [0, 0.1) is 5.92 Å². The molecule has 0 spiro atoms. The lowest BCUT2D eigenvalue weighted by Gasteiger charge is -2.34. The summed E-state index contributed by atoms with van der Waals surface area (Å²) in [7, 11) is 0. The molecule has 0 radical (unpaired) electrons. The molecule has 1 saturated heterocycles. The first-order chi connectivity index (χ1) is 14.0. The minimum absolute atomic E-state index is 0.0519. The molecule has 1 aromatic heterocycles. The van der Waals surface area contributed by atoms with Crippen molar-refractivity contribution < 1.29 is 9.59 Å². The van der Waals surface area contributed by atoms with Crippen LogP contribution in [0.3, 0.4) is 0 Å². The molecule has 2 heterocycles. The van der Waals surface area contributed by atoms with E-state index in [0.717, 1.165) is 5.69 Å². The van der Waals surface area contributed by atoms with Gasteiger partial charge in [0, 0.05) is 23.2 Å². The van der Waals surface area contributed by atoms with Crippen molar-refractivity contribution in [3.8, 4) is 0 Å². The number of carbonyl (C=O) groups is 2. The fourth-order valence-corrected chi connectivity index (χ4v) is 3.26. The molecule has 8 nitrogen and oxygen atoms in total. The highest BCUT2D eigenvalue weighted by atomic mass is 35.5. The van der Waals surface area contributed by atoms with E-state index in [9.17, 15) is 9.59 Å². The van der Waals surface area contributed by atoms with E-state index in [1.54, 1.807) is 28.9 Å². The Balaban J connectivity index is 1.85. The second kappa shape index (κ2) is 8.45. The molecule has 30 heavy (non-hydrogen) atoms. The molecule has 2 aromatic rings. The van der Waals surface area contributed by atoms with Gasteiger partial charge in [-0.15, -0.1) is 0 Å². The molecule has 1 aromatic carbocycles. The van der Waals surface area contributed by atoms with E-state index in [4.69, 9.17) is 23.2 Å². The number of aromatic nitrogens is 2. The van der Waals surface area contributed by atoms with Crippen molar-refractivity contribution >= 4 is 46.6 Å². The Hall–Kier alpha value is -2.29. The summed E-state index contributed by atoms with van der Waals surface area (Å²) < 4.78 is 1.58. The molecule has 10 heteroatoms. The van der Waals surface area contributed by atoms with Gasteiger partial charge in [0.15, 0.2) is 6.29 Å². The van der Waals surface area contributed by atoms with Crippen LogP contribution in [0.15, 0.2) is 24.3 Å². The molecular weight excluding hydrogens is 427 g/mol. The molecule has 0 saturated carbocycles. The Morgan fingerprint density at radius 1 is 1.13 bits per heavy atom. The number of anilines is 2. The van der Waals surface area contributed by atoms with Crippen molar-refractivity contribution in [2.75, 3.05) is 10.6 Å². The van der Waals surface area contributed by atoms with Gasteiger partial charge in [-0.1, -0.05) is 50.9 Å². The smallest absolute Gasteiger partial charge is 0.322 e. The summed E-state index contributed by atoms with van der Waals surface area (Å²) in [4.78, 5) is 24.9. The topological polar surface area (TPSA) is 100 Å². The number of hydrogen-bond donors (Lipinski definition) is 4. The lowest BCUT2D eigenvalue weighted by molar-refractivity contribution is -0.130. The van der Waals surface area contributed by atoms with Gasteiger partial charge in [0.1, 0.15) is 5.82 Å². The highest BCUT2D eigenvalue weighted by molar-refractivity contribution is 6.42. The number of urea groups is 1. The zero-order chi connectivity index (χ0) is 22.2. The van der Waals surface area contributed by atoms with Crippen LogP contribution < -0.4 is 21.3 Å². The van der Waals surface area contributed by atoms with E-state index in [2.05, 4.69) is 26.4 Å². The molecule has 1 aliphatic heterocycles. The molecule has 0 bridgehead atoms. The number of nitrogens with zero attached hydrogens (tertiary/aromatic N) is 2. The SMILES string of the molecule is CC1NC(n2nc(C(C)(C)C)cc2NC(=O)Nc2ccc(Cl)c(Cl)c2)NC(=O)C1C. The molecule has 4 N–H and O–H groups in total. The van der Waals surface area contributed by atoms with E-state index in [1.165, 1.54) is 0 Å². The van der Waals surface area contributed by atoms with Crippen LogP contribution in [0.4, 0.5) is 16.3 Å².